The molecular weight excluding hydrogens is 198 g/mol. The van der Waals surface area contributed by atoms with Crippen molar-refractivity contribution in [3.63, 3.8) is 0 Å². The summed E-state index contributed by atoms with van der Waals surface area (Å²) < 4.78 is 4.75. The molecule has 0 N–H and O–H groups in total. The Morgan fingerprint density at radius 2 is 2.13 bits per heavy atom. The Kier molecular flexibility index (Phi) is 2.46. The van der Waals surface area contributed by atoms with E-state index >= 15 is 0 Å². The third-order valence-corrected chi connectivity index (χ3v) is 2.73. The van der Waals surface area contributed by atoms with Gasteiger partial charge in [0.25, 0.3) is 5.91 Å². The maximum atomic E-state index is 11.5. The molecule has 0 aromatic carbocycles. The number of carbonyl (C=O) groups is 3. The average molecular weight is 211 g/mol. The van der Waals surface area contributed by atoms with Crippen LogP contribution in [0.25, 0.3) is 0 Å². The van der Waals surface area contributed by atoms with Crippen LogP contribution in [0.4, 0.5) is 0 Å². The highest BCUT2D eigenvalue weighted by Crippen LogP contribution is 2.31. The third kappa shape index (κ3) is 1.73. The summed E-state index contributed by atoms with van der Waals surface area (Å²) >= 11 is 0. The van der Waals surface area contributed by atoms with Crippen molar-refractivity contribution in [3.05, 3.63) is 0 Å². The number of Topliss-reactive ketones (excluding diaryl/α,β-unsaturated/α-hetero) is 1. The van der Waals surface area contributed by atoms with Crippen LogP contribution in [0.5, 0.6) is 0 Å². The van der Waals surface area contributed by atoms with Gasteiger partial charge in [0.15, 0.2) is 0 Å². The number of amides is 1. The van der Waals surface area contributed by atoms with E-state index in [0.29, 0.717) is 0 Å². The Labute approximate surface area is 87.4 Å². The maximum absolute atomic E-state index is 11.5. The molecule has 0 radical (unpaired) electrons. The lowest BCUT2D eigenvalue weighted by Crippen LogP contribution is -2.29. The standard InChI is InChI=1S/C10H13NO4/c1-2-15-10(14)7-5-11(6-3-4-6)9(13)8(7)12/h6-7H,2-5H2,1H3. The monoisotopic (exact) mass is 211 g/mol. The van der Waals surface area contributed by atoms with Crippen molar-refractivity contribution in [3.8, 4) is 0 Å². The first-order valence-electron chi connectivity index (χ1n) is 5.16. The van der Waals surface area contributed by atoms with Gasteiger partial charge in [-0.15, -0.1) is 0 Å². The molecule has 0 aromatic rings. The Bertz CT molecular complexity index is 321. The van der Waals surface area contributed by atoms with E-state index in [1.807, 2.05) is 0 Å². The Morgan fingerprint density at radius 1 is 1.47 bits per heavy atom. The lowest BCUT2D eigenvalue weighted by molar-refractivity contribution is -0.151. The molecule has 1 aliphatic heterocycles. The highest BCUT2D eigenvalue weighted by atomic mass is 16.5. The second kappa shape index (κ2) is 3.64. The van der Waals surface area contributed by atoms with E-state index in [1.165, 1.54) is 4.90 Å². The summed E-state index contributed by atoms with van der Waals surface area (Å²) in [5.41, 5.74) is 0. The van der Waals surface area contributed by atoms with E-state index in [9.17, 15) is 14.4 Å². The van der Waals surface area contributed by atoms with E-state index in [1.54, 1.807) is 6.92 Å². The Balaban J connectivity index is 2.05. The van der Waals surface area contributed by atoms with Gasteiger partial charge >= 0.3 is 5.97 Å². The van der Waals surface area contributed by atoms with Crippen molar-refractivity contribution in [2.24, 2.45) is 5.92 Å². The number of hydrogen-bond donors (Lipinski definition) is 0. The molecule has 0 bridgehead atoms. The van der Waals surface area contributed by atoms with Crippen LogP contribution in [0.1, 0.15) is 19.8 Å². The van der Waals surface area contributed by atoms with Gasteiger partial charge in [-0.25, -0.2) is 0 Å². The molecular formula is C10H13NO4. The van der Waals surface area contributed by atoms with E-state index < -0.39 is 23.6 Å². The molecule has 2 fully saturated rings. The van der Waals surface area contributed by atoms with Crippen LogP contribution < -0.4 is 0 Å². The SMILES string of the molecule is CCOC(=O)C1CN(C2CC2)C(=O)C1=O. The number of hydrogen-bond acceptors (Lipinski definition) is 4. The van der Waals surface area contributed by atoms with Crippen LogP contribution in [-0.4, -0.2) is 41.8 Å². The highest BCUT2D eigenvalue weighted by Gasteiger charge is 2.48. The van der Waals surface area contributed by atoms with Crippen molar-refractivity contribution < 1.29 is 19.1 Å². The minimum absolute atomic E-state index is 0.181. The molecule has 82 valence electrons. The van der Waals surface area contributed by atoms with Crippen LogP contribution in [0.2, 0.25) is 0 Å². The third-order valence-electron chi connectivity index (χ3n) is 2.73. The molecule has 1 saturated carbocycles. The molecule has 0 spiro atoms. The predicted octanol–water partition coefficient (Wildman–Crippen LogP) is -0.261. The number of carbonyl (C=O) groups excluding carboxylic acids is 3. The van der Waals surface area contributed by atoms with Gasteiger partial charge in [-0.1, -0.05) is 0 Å². The number of likely N-dealkylation sites (tertiary alicyclic amines) is 1. The summed E-state index contributed by atoms with van der Waals surface area (Å²) in [6.45, 7) is 2.12. The summed E-state index contributed by atoms with van der Waals surface area (Å²) in [5, 5.41) is 0. The quantitative estimate of drug-likeness (QED) is 0.366. The van der Waals surface area contributed by atoms with Crippen molar-refractivity contribution in [2.75, 3.05) is 13.2 Å². The maximum Gasteiger partial charge on any atom is 0.318 e. The van der Waals surface area contributed by atoms with Crippen LogP contribution >= 0.6 is 0 Å². The molecule has 2 aliphatic rings. The lowest BCUT2D eigenvalue weighted by atomic mass is 10.1. The molecule has 1 unspecified atom stereocenters. The van der Waals surface area contributed by atoms with Crippen LogP contribution in [-0.2, 0) is 19.1 Å². The van der Waals surface area contributed by atoms with E-state index in [-0.39, 0.29) is 19.2 Å². The zero-order chi connectivity index (χ0) is 11.0. The Hall–Kier alpha value is -1.39. The summed E-state index contributed by atoms with van der Waals surface area (Å²) in [6.07, 6.45) is 1.88. The number of ether oxygens (including phenoxy) is 1. The first-order chi connectivity index (χ1) is 7.15. The number of esters is 1. The van der Waals surface area contributed by atoms with Gasteiger partial charge in [0.2, 0.25) is 5.78 Å². The molecule has 2 rings (SSSR count). The second-order valence-electron chi connectivity index (χ2n) is 3.86. The molecule has 15 heavy (non-hydrogen) atoms. The van der Waals surface area contributed by atoms with Gasteiger partial charge in [0, 0.05) is 12.6 Å². The van der Waals surface area contributed by atoms with Crippen molar-refractivity contribution >= 4 is 17.7 Å². The first-order valence-corrected chi connectivity index (χ1v) is 5.16. The fraction of sp³-hybridized carbons (Fsp3) is 0.700. The molecule has 1 amide bonds. The number of rotatable bonds is 3. The molecule has 1 atom stereocenters. The van der Waals surface area contributed by atoms with E-state index in [0.717, 1.165) is 12.8 Å². The molecule has 1 heterocycles. The predicted molar refractivity (Wildman–Crippen MR) is 49.9 cm³/mol. The summed E-state index contributed by atoms with van der Waals surface area (Å²) in [4.78, 5) is 35.8. The van der Waals surface area contributed by atoms with Gasteiger partial charge in [0.05, 0.1) is 6.61 Å². The lowest BCUT2D eigenvalue weighted by Gasteiger charge is -2.13. The molecule has 1 saturated heterocycles. The summed E-state index contributed by atoms with van der Waals surface area (Å²) in [6, 6.07) is 0.181. The van der Waals surface area contributed by atoms with Crippen LogP contribution in [0.3, 0.4) is 0 Å². The van der Waals surface area contributed by atoms with Crippen molar-refractivity contribution in [1.82, 2.24) is 4.90 Å². The minimum atomic E-state index is -0.891. The van der Waals surface area contributed by atoms with Gasteiger partial charge in [-0.3, -0.25) is 14.4 Å². The number of nitrogens with zero attached hydrogens (tertiary/aromatic N) is 1. The zero-order valence-electron chi connectivity index (χ0n) is 8.56. The largest absolute Gasteiger partial charge is 0.465 e. The first kappa shape index (κ1) is 10.1. The molecule has 0 aromatic heterocycles. The van der Waals surface area contributed by atoms with Gasteiger partial charge in [0.1, 0.15) is 5.92 Å². The van der Waals surface area contributed by atoms with Crippen molar-refractivity contribution in [2.45, 2.75) is 25.8 Å². The average Bonchev–Trinajstić information content (AvgIpc) is 2.98. The molecule has 1 aliphatic carbocycles. The topological polar surface area (TPSA) is 63.7 Å². The molecule has 5 heteroatoms. The smallest absolute Gasteiger partial charge is 0.318 e. The highest BCUT2D eigenvalue weighted by molar-refractivity contribution is 6.42. The van der Waals surface area contributed by atoms with Gasteiger partial charge < -0.3 is 9.64 Å². The van der Waals surface area contributed by atoms with Gasteiger partial charge in [-0.05, 0) is 19.8 Å². The van der Waals surface area contributed by atoms with E-state index in [4.69, 9.17) is 4.74 Å². The summed E-state index contributed by atoms with van der Waals surface area (Å²) in [5.74, 6) is -2.59. The summed E-state index contributed by atoms with van der Waals surface area (Å²) in [7, 11) is 0. The van der Waals surface area contributed by atoms with Crippen LogP contribution in [0, 0.1) is 5.92 Å². The molecule has 5 nitrogen and oxygen atoms in total. The number of ketones is 1. The second-order valence-corrected chi connectivity index (χ2v) is 3.86. The van der Waals surface area contributed by atoms with Crippen LogP contribution in [0.15, 0.2) is 0 Å². The Morgan fingerprint density at radius 3 is 2.67 bits per heavy atom. The zero-order valence-corrected chi connectivity index (χ0v) is 8.56. The fourth-order valence-corrected chi connectivity index (χ4v) is 1.78. The van der Waals surface area contributed by atoms with Crippen molar-refractivity contribution in [1.29, 1.82) is 0 Å². The fourth-order valence-electron chi connectivity index (χ4n) is 1.78. The van der Waals surface area contributed by atoms with Gasteiger partial charge in [-0.2, -0.15) is 0 Å². The minimum Gasteiger partial charge on any atom is -0.465 e. The normalized spacial score (nSPS) is 25.9. The van der Waals surface area contributed by atoms with E-state index in [2.05, 4.69) is 0 Å².